The third-order valence-electron chi connectivity index (χ3n) is 3.07. The molecule has 0 saturated carbocycles. The summed E-state index contributed by atoms with van der Waals surface area (Å²) in [5, 5.41) is 15.6. The van der Waals surface area contributed by atoms with Crippen molar-refractivity contribution in [2.75, 3.05) is 0 Å². The van der Waals surface area contributed by atoms with Crippen LogP contribution >= 0.6 is 0 Å². The average molecular weight is 342 g/mol. The van der Waals surface area contributed by atoms with E-state index in [-0.39, 0.29) is 5.97 Å². The van der Waals surface area contributed by atoms with Crippen LogP contribution in [0.1, 0.15) is 71.1 Å². The molecule has 0 unspecified atom stereocenters. The summed E-state index contributed by atoms with van der Waals surface area (Å²) < 4.78 is 4.64. The topological polar surface area (TPSA) is 101 Å². The number of carbonyl (C=O) groups excluding carboxylic acids is 1. The molecule has 0 saturated heterocycles. The van der Waals surface area contributed by atoms with E-state index in [1.807, 2.05) is 0 Å². The SMILES string of the molecule is C=COC(=O)CCCCCCCCCCC.O=C(O)/C=C/C(=O)O. The van der Waals surface area contributed by atoms with Crippen molar-refractivity contribution in [3.63, 3.8) is 0 Å². The normalized spacial score (nSPS) is 9.88. The molecule has 0 aliphatic carbocycles. The summed E-state index contributed by atoms with van der Waals surface area (Å²) in [5.74, 6) is -2.67. The summed E-state index contributed by atoms with van der Waals surface area (Å²) in [4.78, 5) is 30.1. The van der Waals surface area contributed by atoms with Gasteiger partial charge in [-0.05, 0) is 6.42 Å². The molecule has 0 fully saturated rings. The predicted octanol–water partition coefficient (Wildman–Crippen LogP) is 4.31. The number of unbranched alkanes of at least 4 members (excludes halogenated alkanes) is 8. The number of carboxylic acid groups (broad SMARTS) is 2. The van der Waals surface area contributed by atoms with Crippen LogP contribution in [0.5, 0.6) is 0 Å². The minimum Gasteiger partial charge on any atom is -0.478 e. The van der Waals surface area contributed by atoms with Crippen molar-refractivity contribution in [3.8, 4) is 0 Å². The monoisotopic (exact) mass is 342 g/mol. The summed E-state index contributed by atoms with van der Waals surface area (Å²) in [6.45, 7) is 5.59. The Bertz CT molecular complexity index is 371. The summed E-state index contributed by atoms with van der Waals surface area (Å²) >= 11 is 0. The molecule has 0 rings (SSSR count). The minimum atomic E-state index is -1.26. The number of carboxylic acids is 2. The van der Waals surface area contributed by atoms with E-state index >= 15 is 0 Å². The first-order chi connectivity index (χ1) is 11.4. The summed E-state index contributed by atoms with van der Waals surface area (Å²) in [6, 6.07) is 0. The zero-order valence-corrected chi connectivity index (χ0v) is 14.5. The smallest absolute Gasteiger partial charge is 0.328 e. The fourth-order valence-corrected chi connectivity index (χ4v) is 1.87. The molecule has 0 bridgehead atoms. The maximum atomic E-state index is 11.0. The lowest BCUT2D eigenvalue weighted by molar-refractivity contribution is -0.138. The number of ether oxygens (including phenoxy) is 1. The van der Waals surface area contributed by atoms with Gasteiger partial charge in [0.2, 0.25) is 0 Å². The molecular formula is C18H30O6. The van der Waals surface area contributed by atoms with Gasteiger partial charge in [-0.15, -0.1) is 0 Å². The van der Waals surface area contributed by atoms with Gasteiger partial charge in [0.25, 0.3) is 0 Å². The Labute approximate surface area is 144 Å². The van der Waals surface area contributed by atoms with E-state index in [4.69, 9.17) is 10.2 Å². The average Bonchev–Trinajstić information content (AvgIpc) is 2.52. The molecule has 0 aromatic carbocycles. The van der Waals surface area contributed by atoms with E-state index in [0.29, 0.717) is 18.6 Å². The largest absolute Gasteiger partial charge is 0.478 e. The molecule has 0 aliphatic rings. The Balaban J connectivity index is 0. The zero-order chi connectivity index (χ0) is 18.6. The van der Waals surface area contributed by atoms with Crippen LogP contribution in [0.25, 0.3) is 0 Å². The Kier molecular flexibility index (Phi) is 19.1. The molecule has 0 heterocycles. The van der Waals surface area contributed by atoms with E-state index in [1.54, 1.807) is 0 Å². The van der Waals surface area contributed by atoms with E-state index < -0.39 is 11.9 Å². The maximum absolute atomic E-state index is 11.0. The van der Waals surface area contributed by atoms with Gasteiger partial charge in [-0.2, -0.15) is 0 Å². The van der Waals surface area contributed by atoms with Crippen molar-refractivity contribution in [1.82, 2.24) is 0 Å². The number of aliphatic carboxylic acids is 2. The number of hydrogen-bond acceptors (Lipinski definition) is 4. The third kappa shape index (κ3) is 24.9. The number of carbonyl (C=O) groups is 3. The van der Waals surface area contributed by atoms with Crippen LogP contribution in [0.2, 0.25) is 0 Å². The van der Waals surface area contributed by atoms with Crippen LogP contribution in [0.15, 0.2) is 25.0 Å². The van der Waals surface area contributed by atoms with E-state index in [1.165, 1.54) is 51.2 Å². The van der Waals surface area contributed by atoms with Crippen molar-refractivity contribution in [1.29, 1.82) is 0 Å². The van der Waals surface area contributed by atoms with Crippen LogP contribution in [0, 0.1) is 0 Å². The van der Waals surface area contributed by atoms with Gasteiger partial charge in [-0.1, -0.05) is 64.9 Å². The standard InChI is InChI=1S/C14H26O2.C4H4O4/c1-3-5-6-7-8-9-10-11-12-13-14(15)16-4-2;5-3(6)1-2-4(7)8/h4H,2-3,5-13H2,1H3;1-2H,(H,5,6)(H,7,8)/b;2-1+. The lowest BCUT2D eigenvalue weighted by atomic mass is 10.1. The molecular weight excluding hydrogens is 312 g/mol. The van der Waals surface area contributed by atoms with Gasteiger partial charge in [-0.3, -0.25) is 4.79 Å². The fourth-order valence-electron chi connectivity index (χ4n) is 1.87. The van der Waals surface area contributed by atoms with Gasteiger partial charge in [0.15, 0.2) is 0 Å². The minimum absolute atomic E-state index is 0.155. The summed E-state index contributed by atoms with van der Waals surface area (Å²) in [6.07, 6.45) is 14.3. The van der Waals surface area contributed by atoms with Gasteiger partial charge < -0.3 is 14.9 Å². The highest BCUT2D eigenvalue weighted by Crippen LogP contribution is 2.10. The highest BCUT2D eigenvalue weighted by atomic mass is 16.5. The fraction of sp³-hybridized carbons (Fsp3) is 0.611. The van der Waals surface area contributed by atoms with Crippen LogP contribution in [0.4, 0.5) is 0 Å². The van der Waals surface area contributed by atoms with Gasteiger partial charge >= 0.3 is 17.9 Å². The highest BCUT2D eigenvalue weighted by Gasteiger charge is 1.99. The molecule has 0 atom stereocenters. The Hall–Kier alpha value is -2.11. The molecule has 0 aliphatic heterocycles. The first kappa shape index (κ1) is 24.1. The van der Waals surface area contributed by atoms with E-state index in [0.717, 1.165) is 12.8 Å². The van der Waals surface area contributed by atoms with Crippen molar-refractivity contribution < 1.29 is 29.3 Å². The van der Waals surface area contributed by atoms with E-state index in [2.05, 4.69) is 18.2 Å². The number of hydrogen-bond donors (Lipinski definition) is 2. The summed E-state index contributed by atoms with van der Waals surface area (Å²) in [5.41, 5.74) is 0. The lowest BCUT2D eigenvalue weighted by Crippen LogP contribution is -1.98. The van der Waals surface area contributed by atoms with Crippen LogP contribution < -0.4 is 0 Å². The molecule has 6 heteroatoms. The molecule has 0 aromatic heterocycles. The molecule has 0 radical (unpaired) electrons. The third-order valence-corrected chi connectivity index (χ3v) is 3.07. The second kappa shape index (κ2) is 18.9. The molecule has 138 valence electrons. The van der Waals surface area contributed by atoms with Crippen molar-refractivity contribution >= 4 is 17.9 Å². The molecule has 6 nitrogen and oxygen atoms in total. The first-order valence-electron chi connectivity index (χ1n) is 8.38. The van der Waals surface area contributed by atoms with E-state index in [9.17, 15) is 14.4 Å². The van der Waals surface area contributed by atoms with Crippen molar-refractivity contribution in [3.05, 3.63) is 25.0 Å². The lowest BCUT2D eigenvalue weighted by Gasteiger charge is -2.01. The molecule has 0 spiro atoms. The Morgan fingerprint density at radius 1 is 0.833 bits per heavy atom. The van der Waals surface area contributed by atoms with Crippen LogP contribution in [-0.2, 0) is 19.1 Å². The number of rotatable bonds is 13. The molecule has 0 amide bonds. The van der Waals surface area contributed by atoms with Gasteiger partial charge in [0.1, 0.15) is 0 Å². The van der Waals surface area contributed by atoms with Gasteiger partial charge in [0, 0.05) is 18.6 Å². The van der Waals surface area contributed by atoms with Gasteiger partial charge in [0.05, 0.1) is 6.26 Å². The second-order valence-electron chi connectivity index (χ2n) is 5.24. The Morgan fingerprint density at radius 2 is 1.25 bits per heavy atom. The van der Waals surface area contributed by atoms with Crippen molar-refractivity contribution in [2.45, 2.75) is 71.1 Å². The van der Waals surface area contributed by atoms with Gasteiger partial charge in [-0.25, -0.2) is 9.59 Å². The van der Waals surface area contributed by atoms with Crippen molar-refractivity contribution in [2.24, 2.45) is 0 Å². The molecule has 0 aromatic rings. The summed E-state index contributed by atoms with van der Waals surface area (Å²) in [7, 11) is 0. The highest BCUT2D eigenvalue weighted by molar-refractivity contribution is 5.89. The predicted molar refractivity (Wildman–Crippen MR) is 92.5 cm³/mol. The number of esters is 1. The zero-order valence-electron chi connectivity index (χ0n) is 14.5. The van der Waals surface area contributed by atoms with Crippen LogP contribution in [-0.4, -0.2) is 28.1 Å². The first-order valence-corrected chi connectivity index (χ1v) is 8.38. The maximum Gasteiger partial charge on any atom is 0.328 e. The second-order valence-corrected chi connectivity index (χ2v) is 5.24. The molecule has 24 heavy (non-hydrogen) atoms. The molecule has 2 N–H and O–H groups in total. The van der Waals surface area contributed by atoms with Crippen LogP contribution in [0.3, 0.4) is 0 Å². The quantitative estimate of drug-likeness (QED) is 0.224. The Morgan fingerprint density at radius 3 is 1.62 bits per heavy atom.